The SMILES string of the molecule is CC(C(=O)CCl)C1CCCCC1. The van der Waals surface area contributed by atoms with Crippen molar-refractivity contribution in [1.29, 1.82) is 0 Å². The Bertz CT molecular complexity index is 150. The summed E-state index contributed by atoms with van der Waals surface area (Å²) in [5, 5.41) is 0. The van der Waals surface area contributed by atoms with Crippen LogP contribution in [0.25, 0.3) is 0 Å². The molecule has 0 aromatic heterocycles. The average Bonchev–Trinajstić information content (AvgIpc) is 2.17. The number of ketones is 1. The Hall–Kier alpha value is -0.0400. The number of halogens is 1. The lowest BCUT2D eigenvalue weighted by Gasteiger charge is -2.26. The number of carbonyl (C=O) groups is 1. The van der Waals surface area contributed by atoms with Gasteiger partial charge in [-0.2, -0.15) is 0 Å². The van der Waals surface area contributed by atoms with Crippen molar-refractivity contribution in [3.63, 3.8) is 0 Å². The maximum atomic E-state index is 11.3. The van der Waals surface area contributed by atoms with E-state index in [0.717, 1.165) is 0 Å². The third-order valence-electron chi connectivity index (χ3n) is 3.00. The Morgan fingerprint density at radius 2 is 2.00 bits per heavy atom. The zero-order valence-electron chi connectivity index (χ0n) is 7.68. The van der Waals surface area contributed by atoms with Gasteiger partial charge in [-0.15, -0.1) is 11.6 Å². The summed E-state index contributed by atoms with van der Waals surface area (Å²) in [6.07, 6.45) is 6.39. The molecule has 0 spiro atoms. The van der Waals surface area contributed by atoms with E-state index in [1.54, 1.807) is 0 Å². The van der Waals surface area contributed by atoms with Crippen molar-refractivity contribution in [2.75, 3.05) is 5.88 Å². The van der Waals surface area contributed by atoms with Crippen molar-refractivity contribution < 1.29 is 4.79 Å². The van der Waals surface area contributed by atoms with Crippen LogP contribution < -0.4 is 0 Å². The molecule has 1 nitrogen and oxygen atoms in total. The molecular weight excluding hydrogens is 172 g/mol. The molecule has 1 unspecified atom stereocenters. The molecule has 2 heteroatoms. The molecule has 1 rings (SSSR count). The summed E-state index contributed by atoms with van der Waals surface area (Å²) in [7, 11) is 0. The van der Waals surface area contributed by atoms with Crippen LogP contribution in [0.4, 0.5) is 0 Å². The van der Waals surface area contributed by atoms with E-state index in [2.05, 4.69) is 0 Å². The second kappa shape index (κ2) is 4.86. The molecule has 0 radical (unpaired) electrons. The Labute approximate surface area is 79.5 Å². The minimum atomic E-state index is 0.192. The first-order chi connectivity index (χ1) is 5.75. The number of Topliss-reactive ketones (excluding diaryl/α,β-unsaturated/α-hetero) is 1. The van der Waals surface area contributed by atoms with Crippen molar-refractivity contribution in [1.82, 2.24) is 0 Å². The summed E-state index contributed by atoms with van der Waals surface area (Å²) in [5.74, 6) is 1.23. The lowest BCUT2D eigenvalue weighted by atomic mass is 9.79. The summed E-state index contributed by atoms with van der Waals surface area (Å²) in [4.78, 5) is 11.3. The van der Waals surface area contributed by atoms with E-state index in [-0.39, 0.29) is 17.6 Å². The highest BCUT2D eigenvalue weighted by Crippen LogP contribution is 2.30. The Morgan fingerprint density at radius 1 is 1.42 bits per heavy atom. The largest absolute Gasteiger partial charge is 0.298 e. The molecule has 1 aliphatic rings. The molecule has 0 heterocycles. The van der Waals surface area contributed by atoms with Gasteiger partial charge >= 0.3 is 0 Å². The van der Waals surface area contributed by atoms with E-state index in [4.69, 9.17) is 11.6 Å². The van der Waals surface area contributed by atoms with Crippen LogP contribution in [-0.4, -0.2) is 11.7 Å². The van der Waals surface area contributed by atoms with E-state index in [0.29, 0.717) is 5.92 Å². The number of carbonyl (C=O) groups excluding carboxylic acids is 1. The normalized spacial score (nSPS) is 22.2. The highest BCUT2D eigenvalue weighted by Gasteiger charge is 2.24. The Morgan fingerprint density at radius 3 is 2.50 bits per heavy atom. The van der Waals surface area contributed by atoms with Gasteiger partial charge in [0, 0.05) is 5.92 Å². The third-order valence-corrected chi connectivity index (χ3v) is 3.26. The monoisotopic (exact) mass is 188 g/mol. The molecule has 0 bridgehead atoms. The van der Waals surface area contributed by atoms with Gasteiger partial charge in [-0.3, -0.25) is 4.79 Å². The fourth-order valence-electron chi connectivity index (χ4n) is 2.02. The van der Waals surface area contributed by atoms with Gasteiger partial charge < -0.3 is 0 Å². The molecule has 70 valence electrons. The fourth-order valence-corrected chi connectivity index (χ4v) is 2.26. The minimum absolute atomic E-state index is 0.192. The molecule has 0 aromatic rings. The Kier molecular flexibility index (Phi) is 4.07. The number of hydrogen-bond donors (Lipinski definition) is 0. The van der Waals surface area contributed by atoms with E-state index in [9.17, 15) is 4.79 Å². The average molecular weight is 189 g/mol. The molecule has 0 N–H and O–H groups in total. The molecule has 1 saturated carbocycles. The maximum absolute atomic E-state index is 11.3. The lowest BCUT2D eigenvalue weighted by molar-refractivity contribution is -0.121. The molecule has 0 saturated heterocycles. The van der Waals surface area contributed by atoms with Gasteiger partial charge in [0.1, 0.15) is 0 Å². The van der Waals surface area contributed by atoms with Crippen molar-refractivity contribution in [2.24, 2.45) is 11.8 Å². The molecule has 0 aliphatic heterocycles. The van der Waals surface area contributed by atoms with Crippen LogP contribution in [0.3, 0.4) is 0 Å². The van der Waals surface area contributed by atoms with Gasteiger partial charge in [-0.25, -0.2) is 0 Å². The molecule has 1 fully saturated rings. The second-order valence-corrected chi connectivity index (χ2v) is 4.05. The van der Waals surface area contributed by atoms with Crippen LogP contribution in [0.5, 0.6) is 0 Å². The zero-order valence-corrected chi connectivity index (χ0v) is 8.44. The van der Waals surface area contributed by atoms with E-state index in [1.165, 1.54) is 32.1 Å². The van der Waals surface area contributed by atoms with Gasteiger partial charge in [-0.05, 0) is 18.8 Å². The number of rotatable bonds is 3. The first-order valence-corrected chi connectivity index (χ1v) is 5.38. The van der Waals surface area contributed by atoms with Crippen LogP contribution in [0.2, 0.25) is 0 Å². The smallest absolute Gasteiger partial charge is 0.150 e. The van der Waals surface area contributed by atoms with E-state index in [1.807, 2.05) is 6.92 Å². The predicted octanol–water partition coefficient (Wildman–Crippen LogP) is 3.01. The van der Waals surface area contributed by atoms with E-state index >= 15 is 0 Å². The van der Waals surface area contributed by atoms with Crippen molar-refractivity contribution in [3.8, 4) is 0 Å². The van der Waals surface area contributed by atoms with Gasteiger partial charge in [0.2, 0.25) is 0 Å². The van der Waals surface area contributed by atoms with Crippen molar-refractivity contribution in [3.05, 3.63) is 0 Å². The minimum Gasteiger partial charge on any atom is -0.298 e. The standard InChI is InChI=1S/C10H17ClO/c1-8(10(12)7-11)9-5-3-2-4-6-9/h8-9H,2-7H2,1H3. The van der Waals surface area contributed by atoms with Gasteiger partial charge in [0.05, 0.1) is 5.88 Å². The molecular formula is C10H17ClO. The number of alkyl halides is 1. The van der Waals surface area contributed by atoms with Crippen LogP contribution >= 0.6 is 11.6 Å². The van der Waals surface area contributed by atoms with Crippen LogP contribution in [0, 0.1) is 11.8 Å². The molecule has 1 atom stereocenters. The summed E-state index contributed by atoms with van der Waals surface area (Å²) in [6.45, 7) is 2.03. The van der Waals surface area contributed by atoms with Crippen LogP contribution in [0.15, 0.2) is 0 Å². The van der Waals surface area contributed by atoms with Crippen molar-refractivity contribution in [2.45, 2.75) is 39.0 Å². The van der Waals surface area contributed by atoms with Crippen molar-refractivity contribution >= 4 is 17.4 Å². The highest BCUT2D eigenvalue weighted by atomic mass is 35.5. The molecule has 0 amide bonds. The first-order valence-electron chi connectivity index (χ1n) is 4.84. The summed E-state index contributed by atoms with van der Waals surface area (Å²) in [5.41, 5.74) is 0. The lowest BCUT2D eigenvalue weighted by Crippen LogP contribution is -2.23. The summed E-state index contributed by atoms with van der Waals surface area (Å²) in [6, 6.07) is 0. The summed E-state index contributed by atoms with van der Waals surface area (Å²) >= 11 is 5.52. The first kappa shape index (κ1) is 10.0. The Balaban J connectivity index is 2.39. The second-order valence-electron chi connectivity index (χ2n) is 3.79. The van der Waals surface area contributed by atoms with Gasteiger partial charge in [0.15, 0.2) is 5.78 Å². The maximum Gasteiger partial charge on any atom is 0.150 e. The number of hydrogen-bond acceptors (Lipinski definition) is 1. The molecule has 0 aromatic carbocycles. The highest BCUT2D eigenvalue weighted by molar-refractivity contribution is 6.27. The molecule has 1 aliphatic carbocycles. The topological polar surface area (TPSA) is 17.1 Å². The third kappa shape index (κ3) is 2.48. The van der Waals surface area contributed by atoms with Crippen LogP contribution in [-0.2, 0) is 4.79 Å². The fraction of sp³-hybridized carbons (Fsp3) is 0.900. The van der Waals surface area contributed by atoms with E-state index < -0.39 is 0 Å². The van der Waals surface area contributed by atoms with Crippen LogP contribution in [0.1, 0.15) is 39.0 Å². The van der Waals surface area contributed by atoms with Gasteiger partial charge in [-0.1, -0.05) is 26.2 Å². The van der Waals surface area contributed by atoms with Gasteiger partial charge in [0.25, 0.3) is 0 Å². The zero-order chi connectivity index (χ0) is 8.97. The quantitative estimate of drug-likeness (QED) is 0.623. The summed E-state index contributed by atoms with van der Waals surface area (Å²) < 4.78 is 0. The predicted molar refractivity (Wildman–Crippen MR) is 51.5 cm³/mol. The molecule has 12 heavy (non-hydrogen) atoms.